The van der Waals surface area contributed by atoms with E-state index in [1.807, 2.05) is 48.6 Å². The van der Waals surface area contributed by atoms with E-state index in [2.05, 4.69) is 88.8 Å². The zero-order valence-electron chi connectivity index (χ0n) is 22.7. The fourth-order valence-corrected chi connectivity index (χ4v) is 6.50. The van der Waals surface area contributed by atoms with E-state index < -0.39 is 0 Å². The van der Waals surface area contributed by atoms with Gasteiger partial charge in [-0.15, -0.1) is 0 Å². The highest BCUT2D eigenvalue weighted by atomic mass is 79.9. The predicted molar refractivity (Wildman–Crippen MR) is 188 cm³/mol. The number of allylic oxidation sites excluding steroid dienone is 7. The summed E-state index contributed by atoms with van der Waals surface area (Å²) in [6, 6.07) is 29.0. The topological polar surface area (TPSA) is 55.7 Å². The second kappa shape index (κ2) is 13.6. The Morgan fingerprint density at radius 3 is 1.68 bits per heavy atom. The van der Waals surface area contributed by atoms with Crippen LogP contribution in [-0.4, -0.2) is 12.7 Å². The summed E-state index contributed by atoms with van der Waals surface area (Å²) < 4.78 is 18.4. The van der Waals surface area contributed by atoms with Gasteiger partial charge in [-0.3, -0.25) is 0 Å². The number of para-hydroxylation sites is 4. The number of hydrogen-bond donors (Lipinski definition) is 1. The highest BCUT2D eigenvalue weighted by Gasteiger charge is 2.19. The molecule has 4 aromatic carbocycles. The monoisotopic (exact) mass is 645 g/mol. The summed E-state index contributed by atoms with van der Waals surface area (Å²) >= 11 is 3.57. The first-order chi connectivity index (χ1) is 20.7. The Morgan fingerprint density at radius 2 is 1.14 bits per heavy atom. The standard InChI is InChI=1S/C18H14BO3.C18H13BrO.2CH4/c20-19-22-13-6-3-5-12(11-13)14-8-4-9-16-15-7-1-2-10-17(15)21-18(14)16;19-13-6-3-5-12(11-13)14-8-4-9-16-15-7-1-2-10-17(15)20-18(14)16;;/h1-4,6-12,20H,5H2;1-4,6-12H,5H2;2*1H4. The maximum absolute atomic E-state index is 8.80. The number of benzene rings is 4. The normalized spacial score (nSPS) is 17.3. The minimum Gasteiger partial charge on any atom is -0.538 e. The van der Waals surface area contributed by atoms with Gasteiger partial charge in [0.25, 0.3) is 0 Å². The van der Waals surface area contributed by atoms with Crippen LogP contribution >= 0.6 is 15.9 Å². The molecule has 2 atom stereocenters. The summed E-state index contributed by atoms with van der Waals surface area (Å²) in [7, 11) is 0.709. The van der Waals surface area contributed by atoms with Gasteiger partial charge in [0, 0.05) is 49.0 Å². The van der Waals surface area contributed by atoms with Crippen molar-refractivity contribution in [1.82, 2.24) is 0 Å². The maximum Gasteiger partial charge on any atom is 0.569 e. The van der Waals surface area contributed by atoms with Gasteiger partial charge < -0.3 is 18.5 Å². The van der Waals surface area contributed by atoms with E-state index in [4.69, 9.17) is 18.5 Å². The lowest BCUT2D eigenvalue weighted by Crippen LogP contribution is -2.04. The average Bonchev–Trinajstić information content (AvgIpc) is 3.60. The first kappa shape index (κ1) is 31.2. The van der Waals surface area contributed by atoms with E-state index in [1.165, 1.54) is 16.3 Å². The Balaban J connectivity index is 0.000000168. The van der Waals surface area contributed by atoms with Crippen molar-refractivity contribution >= 4 is 67.5 Å². The highest BCUT2D eigenvalue weighted by molar-refractivity contribution is 9.11. The second-order valence-corrected chi connectivity index (χ2v) is 11.4. The van der Waals surface area contributed by atoms with Gasteiger partial charge in [-0.2, -0.15) is 0 Å². The maximum atomic E-state index is 8.80. The average molecular weight is 646 g/mol. The van der Waals surface area contributed by atoms with Gasteiger partial charge in [0.2, 0.25) is 0 Å². The molecule has 2 heterocycles. The fraction of sp³-hybridized carbons (Fsp3) is 0.158. The van der Waals surface area contributed by atoms with Crippen LogP contribution < -0.4 is 0 Å². The van der Waals surface area contributed by atoms with Gasteiger partial charge >= 0.3 is 7.69 Å². The van der Waals surface area contributed by atoms with Crippen molar-refractivity contribution < 1.29 is 18.5 Å². The van der Waals surface area contributed by atoms with Crippen molar-refractivity contribution in [3.63, 3.8) is 0 Å². The van der Waals surface area contributed by atoms with Crippen molar-refractivity contribution in [3.8, 4) is 0 Å². The molecule has 6 heteroatoms. The summed E-state index contributed by atoms with van der Waals surface area (Å²) in [6.45, 7) is 0. The Labute approximate surface area is 267 Å². The minimum atomic E-state index is 0. The number of halogens is 1. The summed E-state index contributed by atoms with van der Waals surface area (Å²) in [5.41, 5.74) is 6.21. The molecule has 1 N–H and O–H groups in total. The number of rotatable bonds is 4. The molecular weight excluding hydrogens is 611 g/mol. The number of fused-ring (bicyclic) bond motifs is 6. The van der Waals surface area contributed by atoms with Crippen LogP contribution in [-0.2, 0) is 4.65 Å². The van der Waals surface area contributed by atoms with Crippen molar-refractivity contribution in [2.24, 2.45) is 0 Å². The predicted octanol–water partition coefficient (Wildman–Crippen LogP) is 11.2. The third-order valence-corrected chi connectivity index (χ3v) is 8.45. The molecule has 0 amide bonds. The van der Waals surface area contributed by atoms with Crippen molar-refractivity contribution in [3.05, 3.63) is 143 Å². The summed E-state index contributed by atoms with van der Waals surface area (Å²) in [5, 5.41) is 13.5. The number of furan rings is 2. The molecule has 44 heavy (non-hydrogen) atoms. The van der Waals surface area contributed by atoms with Crippen LogP contribution in [0.3, 0.4) is 0 Å². The van der Waals surface area contributed by atoms with E-state index in [-0.39, 0.29) is 20.8 Å². The summed E-state index contributed by atoms with van der Waals surface area (Å²) in [6.07, 6.45) is 14.4. The van der Waals surface area contributed by atoms with Crippen LogP contribution in [0.2, 0.25) is 0 Å². The van der Waals surface area contributed by atoms with Crippen LogP contribution in [0.25, 0.3) is 43.9 Å². The molecule has 2 aliphatic rings. The molecule has 0 aliphatic heterocycles. The van der Waals surface area contributed by atoms with Gasteiger partial charge in [-0.25, -0.2) is 0 Å². The van der Waals surface area contributed by atoms with Crippen LogP contribution in [0.1, 0.15) is 50.7 Å². The SMILES string of the molecule is BrC1=CC(c2cccc3c2oc2ccccc23)CC=C1.C.C.O[B]OC1=CC(c2cccc3c2oc2ccccc23)CC=C1. The molecule has 0 saturated heterocycles. The molecule has 0 bridgehead atoms. The van der Waals surface area contributed by atoms with Gasteiger partial charge in [-0.1, -0.05) is 128 Å². The van der Waals surface area contributed by atoms with Crippen LogP contribution in [0.5, 0.6) is 0 Å². The lowest BCUT2D eigenvalue weighted by atomic mass is 9.90. The van der Waals surface area contributed by atoms with Crippen molar-refractivity contribution in [1.29, 1.82) is 0 Å². The zero-order valence-corrected chi connectivity index (χ0v) is 24.3. The molecule has 2 aromatic heterocycles. The van der Waals surface area contributed by atoms with Crippen LogP contribution in [0.4, 0.5) is 0 Å². The highest BCUT2D eigenvalue weighted by Crippen LogP contribution is 2.39. The Morgan fingerprint density at radius 1 is 0.636 bits per heavy atom. The minimum absolute atomic E-state index is 0. The largest absolute Gasteiger partial charge is 0.569 e. The Bertz CT molecular complexity index is 2040. The first-order valence-corrected chi connectivity index (χ1v) is 14.8. The lowest BCUT2D eigenvalue weighted by molar-refractivity contribution is 0.377. The van der Waals surface area contributed by atoms with E-state index in [0.717, 1.165) is 56.0 Å². The summed E-state index contributed by atoms with van der Waals surface area (Å²) in [4.78, 5) is 0. The van der Waals surface area contributed by atoms with E-state index in [9.17, 15) is 0 Å². The van der Waals surface area contributed by atoms with E-state index in [1.54, 1.807) is 0 Å². The quantitative estimate of drug-likeness (QED) is 0.194. The Kier molecular flexibility index (Phi) is 9.63. The molecule has 2 aliphatic carbocycles. The molecule has 8 rings (SSSR count). The van der Waals surface area contributed by atoms with Gasteiger partial charge in [0.1, 0.15) is 22.3 Å². The van der Waals surface area contributed by atoms with E-state index >= 15 is 0 Å². The molecule has 1 radical (unpaired) electrons. The molecular formula is C38H35BBrO4. The van der Waals surface area contributed by atoms with Gasteiger partial charge in [0.15, 0.2) is 0 Å². The van der Waals surface area contributed by atoms with Gasteiger partial charge in [0.05, 0.1) is 5.76 Å². The van der Waals surface area contributed by atoms with Crippen molar-refractivity contribution in [2.75, 3.05) is 0 Å². The first-order valence-electron chi connectivity index (χ1n) is 14.0. The molecule has 0 saturated carbocycles. The third kappa shape index (κ3) is 5.92. The lowest BCUT2D eigenvalue weighted by Gasteiger charge is -2.17. The molecule has 6 aromatic rings. The smallest absolute Gasteiger partial charge is 0.538 e. The molecule has 0 fully saturated rings. The molecule has 221 valence electrons. The number of hydrogen-bond acceptors (Lipinski definition) is 4. The van der Waals surface area contributed by atoms with Crippen LogP contribution in [0.15, 0.2) is 140 Å². The zero-order chi connectivity index (χ0) is 28.5. The molecule has 2 unspecified atom stereocenters. The van der Waals surface area contributed by atoms with Crippen molar-refractivity contribution in [2.45, 2.75) is 39.5 Å². The van der Waals surface area contributed by atoms with Gasteiger partial charge in [-0.05, 0) is 37.1 Å². The van der Waals surface area contributed by atoms with Crippen LogP contribution in [0, 0.1) is 0 Å². The molecule has 0 spiro atoms. The van der Waals surface area contributed by atoms with E-state index in [0.29, 0.717) is 19.4 Å². The summed E-state index contributed by atoms with van der Waals surface area (Å²) in [5.74, 6) is 1.19. The Hall–Kier alpha value is -4.26. The third-order valence-electron chi connectivity index (χ3n) is 7.92. The second-order valence-electron chi connectivity index (χ2n) is 10.5. The fourth-order valence-electron chi connectivity index (χ4n) is 5.99. The molecule has 4 nitrogen and oxygen atoms in total.